The van der Waals surface area contributed by atoms with Crippen molar-refractivity contribution in [2.24, 2.45) is 5.41 Å². The Morgan fingerprint density at radius 2 is 2.05 bits per heavy atom. The zero-order chi connectivity index (χ0) is 15.5. The third-order valence-corrected chi connectivity index (χ3v) is 3.95. The molecule has 1 aliphatic rings. The number of rotatable bonds is 4. The average Bonchev–Trinajstić information content (AvgIpc) is 2.88. The summed E-state index contributed by atoms with van der Waals surface area (Å²) in [6.07, 6.45) is 3.01. The van der Waals surface area contributed by atoms with Crippen LogP contribution in [0.15, 0.2) is 0 Å². The average molecular weight is 294 g/mol. The van der Waals surface area contributed by atoms with Crippen LogP contribution in [-0.2, 0) is 11.3 Å². The van der Waals surface area contributed by atoms with E-state index in [1.54, 1.807) is 0 Å². The first-order valence-corrected chi connectivity index (χ1v) is 7.65. The second-order valence-electron chi connectivity index (χ2n) is 6.87. The normalized spacial score (nSPS) is 17.0. The van der Waals surface area contributed by atoms with Crippen molar-refractivity contribution in [3.8, 4) is 0 Å². The number of nitrogens with one attached hydrogen (secondary N) is 1. The lowest BCUT2D eigenvalue weighted by molar-refractivity contribution is 0.0591. The molecule has 0 aliphatic carbocycles. The number of ether oxygens (including phenoxy) is 1. The minimum atomic E-state index is -0.384. The van der Waals surface area contributed by atoms with Crippen LogP contribution in [0, 0.1) is 5.41 Å². The Labute approximate surface area is 126 Å². The molecule has 0 radical (unpaired) electrons. The first kappa shape index (κ1) is 15.9. The predicted octanol–water partition coefficient (Wildman–Crippen LogP) is 1.97. The highest BCUT2D eigenvalue weighted by Crippen LogP contribution is 2.29. The lowest BCUT2D eigenvalue weighted by Gasteiger charge is -2.25. The van der Waals surface area contributed by atoms with Crippen molar-refractivity contribution in [1.29, 1.82) is 0 Å². The van der Waals surface area contributed by atoms with Gasteiger partial charge in [-0.05, 0) is 37.8 Å². The van der Waals surface area contributed by atoms with E-state index in [2.05, 4.69) is 36.4 Å². The fraction of sp³-hybridized carbons (Fsp3) is 0.800. The van der Waals surface area contributed by atoms with Crippen molar-refractivity contribution < 1.29 is 9.53 Å². The maximum Gasteiger partial charge on any atom is 0.360 e. The first-order valence-electron chi connectivity index (χ1n) is 7.65. The van der Waals surface area contributed by atoms with Crippen LogP contribution >= 0.6 is 0 Å². The lowest BCUT2D eigenvalue weighted by atomic mass is 9.91. The van der Waals surface area contributed by atoms with Gasteiger partial charge in [0.2, 0.25) is 0 Å². The molecule has 0 atom stereocenters. The van der Waals surface area contributed by atoms with Crippen LogP contribution in [0.25, 0.3) is 0 Å². The number of carbonyl (C=O) groups excluding carboxylic acids is 1. The fourth-order valence-corrected chi connectivity index (χ4v) is 2.67. The molecule has 1 aliphatic heterocycles. The SMILES string of the molecule is COC(=O)c1nnn(CCC(C)(C)C)c1C1CCNCC1. The van der Waals surface area contributed by atoms with E-state index < -0.39 is 0 Å². The highest BCUT2D eigenvalue weighted by atomic mass is 16.5. The summed E-state index contributed by atoms with van der Waals surface area (Å²) in [5.41, 5.74) is 1.56. The van der Waals surface area contributed by atoms with E-state index in [9.17, 15) is 4.79 Å². The molecule has 2 heterocycles. The standard InChI is InChI=1S/C15H26N4O2/c1-15(2,3)7-10-19-13(11-5-8-16-9-6-11)12(17-18-19)14(20)21-4/h11,16H,5-10H2,1-4H3. The number of esters is 1. The van der Waals surface area contributed by atoms with Crippen LogP contribution in [0.2, 0.25) is 0 Å². The van der Waals surface area contributed by atoms with E-state index in [-0.39, 0.29) is 11.4 Å². The van der Waals surface area contributed by atoms with Crippen molar-refractivity contribution in [2.75, 3.05) is 20.2 Å². The quantitative estimate of drug-likeness (QED) is 0.860. The number of aromatic nitrogens is 3. The van der Waals surface area contributed by atoms with Crippen LogP contribution in [0.3, 0.4) is 0 Å². The zero-order valence-electron chi connectivity index (χ0n) is 13.5. The highest BCUT2D eigenvalue weighted by molar-refractivity contribution is 5.88. The molecule has 0 amide bonds. The van der Waals surface area contributed by atoms with Gasteiger partial charge in [-0.25, -0.2) is 9.48 Å². The molecule has 118 valence electrons. The summed E-state index contributed by atoms with van der Waals surface area (Å²) < 4.78 is 6.77. The van der Waals surface area contributed by atoms with Crippen molar-refractivity contribution >= 4 is 5.97 Å². The van der Waals surface area contributed by atoms with Gasteiger partial charge in [0.15, 0.2) is 5.69 Å². The molecule has 0 spiro atoms. The summed E-state index contributed by atoms with van der Waals surface area (Å²) in [7, 11) is 1.39. The van der Waals surface area contributed by atoms with Gasteiger partial charge < -0.3 is 10.1 Å². The molecule has 0 saturated carbocycles. The van der Waals surface area contributed by atoms with Gasteiger partial charge in [0.05, 0.1) is 12.8 Å². The molecule has 1 N–H and O–H groups in total. The van der Waals surface area contributed by atoms with Gasteiger partial charge in [-0.15, -0.1) is 5.10 Å². The number of nitrogens with zero attached hydrogens (tertiary/aromatic N) is 3. The van der Waals surface area contributed by atoms with E-state index in [0.717, 1.165) is 44.6 Å². The molecule has 6 heteroatoms. The molecule has 6 nitrogen and oxygen atoms in total. The third kappa shape index (κ3) is 4.03. The fourth-order valence-electron chi connectivity index (χ4n) is 2.67. The smallest absolute Gasteiger partial charge is 0.360 e. The van der Waals surface area contributed by atoms with Gasteiger partial charge in [-0.2, -0.15) is 0 Å². The molecule has 21 heavy (non-hydrogen) atoms. The zero-order valence-corrected chi connectivity index (χ0v) is 13.5. The number of hydrogen-bond donors (Lipinski definition) is 1. The van der Waals surface area contributed by atoms with Crippen molar-refractivity contribution in [3.63, 3.8) is 0 Å². The Hall–Kier alpha value is -1.43. The second kappa shape index (κ2) is 6.56. The summed E-state index contributed by atoms with van der Waals surface area (Å²) >= 11 is 0. The van der Waals surface area contributed by atoms with Crippen LogP contribution in [0.5, 0.6) is 0 Å². The van der Waals surface area contributed by atoms with Crippen LogP contribution in [-0.4, -0.2) is 41.2 Å². The van der Waals surface area contributed by atoms with Crippen molar-refractivity contribution in [2.45, 2.75) is 52.5 Å². The van der Waals surface area contributed by atoms with Gasteiger partial charge in [-0.3, -0.25) is 0 Å². The summed E-state index contributed by atoms with van der Waals surface area (Å²) in [4.78, 5) is 11.9. The predicted molar refractivity (Wildman–Crippen MR) is 80.3 cm³/mol. The van der Waals surface area contributed by atoms with Gasteiger partial charge in [0.25, 0.3) is 0 Å². The Bertz CT molecular complexity index is 484. The van der Waals surface area contributed by atoms with E-state index in [4.69, 9.17) is 4.74 Å². The second-order valence-corrected chi connectivity index (χ2v) is 6.87. The molecule has 0 unspecified atom stereocenters. The van der Waals surface area contributed by atoms with E-state index >= 15 is 0 Å². The van der Waals surface area contributed by atoms with Crippen molar-refractivity contribution in [1.82, 2.24) is 20.3 Å². The molecule has 0 bridgehead atoms. The van der Waals surface area contributed by atoms with Crippen LogP contribution in [0.1, 0.15) is 62.1 Å². The minimum Gasteiger partial charge on any atom is -0.464 e. The number of piperidine rings is 1. The van der Waals surface area contributed by atoms with E-state index in [0.29, 0.717) is 11.6 Å². The van der Waals surface area contributed by atoms with Crippen LogP contribution < -0.4 is 5.32 Å². The van der Waals surface area contributed by atoms with Gasteiger partial charge in [-0.1, -0.05) is 26.0 Å². The Morgan fingerprint density at radius 3 is 2.62 bits per heavy atom. The number of methoxy groups -OCH3 is 1. The Morgan fingerprint density at radius 1 is 1.38 bits per heavy atom. The molecular weight excluding hydrogens is 268 g/mol. The van der Waals surface area contributed by atoms with E-state index in [1.807, 2.05) is 4.68 Å². The maximum atomic E-state index is 11.9. The van der Waals surface area contributed by atoms with Gasteiger partial charge >= 0.3 is 5.97 Å². The molecule has 2 rings (SSSR count). The largest absolute Gasteiger partial charge is 0.464 e. The molecule has 1 saturated heterocycles. The van der Waals surface area contributed by atoms with Crippen molar-refractivity contribution in [3.05, 3.63) is 11.4 Å². The number of hydrogen-bond acceptors (Lipinski definition) is 5. The molecule has 1 aromatic rings. The molecular formula is C15H26N4O2. The molecule has 1 aromatic heterocycles. The summed E-state index contributed by atoms with van der Waals surface area (Å²) in [6.45, 7) is 9.33. The van der Waals surface area contributed by atoms with Gasteiger partial charge in [0, 0.05) is 12.5 Å². The molecule has 0 aromatic carbocycles. The highest BCUT2D eigenvalue weighted by Gasteiger charge is 2.28. The van der Waals surface area contributed by atoms with Crippen LogP contribution in [0.4, 0.5) is 0 Å². The molecule has 1 fully saturated rings. The lowest BCUT2D eigenvalue weighted by Crippen LogP contribution is -2.29. The Balaban J connectivity index is 2.26. The summed E-state index contributed by atoms with van der Waals surface area (Å²) in [5, 5.41) is 11.6. The Kier molecular flexibility index (Phi) is 4.98. The third-order valence-electron chi connectivity index (χ3n) is 3.95. The minimum absolute atomic E-state index is 0.225. The maximum absolute atomic E-state index is 11.9. The summed E-state index contributed by atoms with van der Waals surface area (Å²) in [6, 6.07) is 0. The first-order chi connectivity index (χ1) is 9.92. The summed E-state index contributed by atoms with van der Waals surface area (Å²) in [5.74, 6) is -0.0548. The number of carbonyl (C=O) groups is 1. The monoisotopic (exact) mass is 294 g/mol. The van der Waals surface area contributed by atoms with E-state index in [1.165, 1.54) is 7.11 Å². The number of aryl methyl sites for hydroxylation is 1. The topological polar surface area (TPSA) is 69.0 Å². The van der Waals surface area contributed by atoms with Gasteiger partial charge in [0.1, 0.15) is 0 Å².